The molecule has 0 bridgehead atoms. The summed E-state index contributed by atoms with van der Waals surface area (Å²) in [5.74, 6) is 0. The van der Waals surface area contributed by atoms with Gasteiger partial charge in [0.2, 0.25) is 0 Å². The van der Waals surface area contributed by atoms with E-state index in [4.69, 9.17) is 23.2 Å². The molecule has 92 valence electrons. The topological polar surface area (TPSA) is 37.3 Å². The largest absolute Gasteiger partial charge is 0.373 e. The Kier molecular flexibility index (Phi) is 3.71. The van der Waals surface area contributed by atoms with Crippen LogP contribution in [0.3, 0.4) is 0 Å². The normalized spacial score (nSPS) is 11.3. The van der Waals surface area contributed by atoms with Gasteiger partial charge in [-0.05, 0) is 35.4 Å². The summed E-state index contributed by atoms with van der Waals surface area (Å²) in [5, 5.41) is 11.6. The minimum absolute atomic E-state index is 0.462. The first-order chi connectivity index (χ1) is 8.56. The van der Waals surface area contributed by atoms with Crippen LogP contribution in [0.1, 0.15) is 11.1 Å². The van der Waals surface area contributed by atoms with Crippen molar-refractivity contribution >= 4 is 29.5 Å². The van der Waals surface area contributed by atoms with Gasteiger partial charge in [-0.15, -0.1) is 0 Å². The second-order valence-electron chi connectivity index (χ2n) is 3.90. The predicted octanol–water partition coefficient (Wildman–Crippen LogP) is 3.43. The van der Waals surface area contributed by atoms with Gasteiger partial charge in [0.05, 0.1) is 0 Å². The Hall–Kier alpha value is -1.35. The van der Waals surface area contributed by atoms with Crippen molar-refractivity contribution in [2.45, 2.75) is 5.60 Å². The van der Waals surface area contributed by atoms with Crippen LogP contribution in [-0.4, -0.2) is 11.4 Å². The summed E-state index contributed by atoms with van der Waals surface area (Å²) in [6, 6.07) is 13.0. The van der Waals surface area contributed by atoms with E-state index < -0.39 is 5.60 Å². The molecule has 0 aliphatic rings. The fraction of sp³-hybridized carbons (Fsp3) is 0.0714. The number of carbonyl (C=O) groups excluding carboxylic acids is 1. The summed E-state index contributed by atoms with van der Waals surface area (Å²) in [6.07, 6.45) is 0.499. The van der Waals surface area contributed by atoms with Gasteiger partial charge in [0, 0.05) is 10.0 Å². The van der Waals surface area contributed by atoms with Crippen LogP contribution in [-0.2, 0) is 10.4 Å². The minimum atomic E-state index is -1.69. The first-order valence-electron chi connectivity index (χ1n) is 5.27. The van der Waals surface area contributed by atoms with Crippen molar-refractivity contribution in [3.05, 3.63) is 69.7 Å². The van der Waals surface area contributed by atoms with Crippen LogP contribution in [0.25, 0.3) is 0 Å². The number of hydrogen-bond acceptors (Lipinski definition) is 2. The molecule has 2 aromatic rings. The van der Waals surface area contributed by atoms with Gasteiger partial charge < -0.3 is 5.11 Å². The van der Waals surface area contributed by atoms with Crippen molar-refractivity contribution in [3.63, 3.8) is 0 Å². The van der Waals surface area contributed by atoms with Crippen LogP contribution < -0.4 is 0 Å². The molecule has 0 saturated carbocycles. The molecule has 0 spiro atoms. The molecule has 2 rings (SSSR count). The lowest BCUT2D eigenvalue weighted by Gasteiger charge is -2.22. The fourth-order valence-corrected chi connectivity index (χ4v) is 1.96. The van der Waals surface area contributed by atoms with Gasteiger partial charge in [-0.25, -0.2) is 0 Å². The monoisotopic (exact) mass is 280 g/mol. The quantitative estimate of drug-likeness (QED) is 0.875. The maximum Gasteiger partial charge on any atom is 0.170 e. The van der Waals surface area contributed by atoms with Crippen molar-refractivity contribution in [1.29, 1.82) is 0 Å². The van der Waals surface area contributed by atoms with Gasteiger partial charge in [-0.1, -0.05) is 47.5 Å². The van der Waals surface area contributed by atoms with Gasteiger partial charge in [-0.2, -0.15) is 0 Å². The molecule has 0 fully saturated rings. The van der Waals surface area contributed by atoms with Crippen molar-refractivity contribution in [2.75, 3.05) is 0 Å². The highest BCUT2D eigenvalue weighted by molar-refractivity contribution is 6.30. The molecule has 0 aromatic heterocycles. The standard InChI is InChI=1S/C14H10Cl2O2/c15-12-5-1-10(2-6-12)14(18,9-17)11-3-7-13(16)8-4-11/h1-9,18H. The van der Waals surface area contributed by atoms with E-state index in [2.05, 4.69) is 0 Å². The van der Waals surface area contributed by atoms with Crippen LogP contribution in [0.2, 0.25) is 10.0 Å². The summed E-state index contributed by atoms with van der Waals surface area (Å²) < 4.78 is 0. The summed E-state index contributed by atoms with van der Waals surface area (Å²) in [4.78, 5) is 11.3. The van der Waals surface area contributed by atoms with Crippen molar-refractivity contribution in [2.24, 2.45) is 0 Å². The third kappa shape index (κ3) is 2.41. The summed E-state index contributed by atoms with van der Waals surface area (Å²) in [7, 11) is 0. The highest BCUT2D eigenvalue weighted by Gasteiger charge is 2.30. The molecule has 18 heavy (non-hydrogen) atoms. The van der Waals surface area contributed by atoms with E-state index >= 15 is 0 Å². The molecule has 2 aromatic carbocycles. The highest BCUT2D eigenvalue weighted by atomic mass is 35.5. The second-order valence-corrected chi connectivity index (χ2v) is 4.77. The second kappa shape index (κ2) is 5.11. The van der Waals surface area contributed by atoms with E-state index in [-0.39, 0.29) is 0 Å². The average Bonchev–Trinajstić information content (AvgIpc) is 2.39. The van der Waals surface area contributed by atoms with Gasteiger partial charge in [0.1, 0.15) is 0 Å². The number of benzene rings is 2. The number of halogens is 2. The van der Waals surface area contributed by atoms with Gasteiger partial charge in [-0.3, -0.25) is 4.79 Å². The third-order valence-corrected chi connectivity index (χ3v) is 3.24. The maximum absolute atomic E-state index is 11.3. The average molecular weight is 281 g/mol. The molecule has 0 unspecified atom stereocenters. The summed E-state index contributed by atoms with van der Waals surface area (Å²) >= 11 is 11.6. The number of rotatable bonds is 3. The summed E-state index contributed by atoms with van der Waals surface area (Å²) in [5.41, 5.74) is -0.761. The molecule has 0 heterocycles. The van der Waals surface area contributed by atoms with E-state index in [1.54, 1.807) is 48.5 Å². The van der Waals surface area contributed by atoms with Gasteiger partial charge >= 0.3 is 0 Å². The molecule has 0 saturated heterocycles. The first kappa shape index (κ1) is 13.1. The smallest absolute Gasteiger partial charge is 0.170 e. The summed E-state index contributed by atoms with van der Waals surface area (Å²) in [6.45, 7) is 0. The van der Waals surface area contributed by atoms with E-state index in [0.29, 0.717) is 27.5 Å². The Bertz CT molecular complexity index is 502. The Morgan fingerprint density at radius 1 is 0.833 bits per heavy atom. The van der Waals surface area contributed by atoms with Crippen LogP contribution >= 0.6 is 23.2 Å². The fourth-order valence-electron chi connectivity index (χ4n) is 1.71. The van der Waals surface area contributed by atoms with Gasteiger partial charge in [0.25, 0.3) is 0 Å². The molecule has 0 radical (unpaired) electrons. The SMILES string of the molecule is O=CC(O)(c1ccc(Cl)cc1)c1ccc(Cl)cc1. The van der Waals surface area contributed by atoms with Crippen molar-refractivity contribution < 1.29 is 9.90 Å². The van der Waals surface area contributed by atoms with Crippen LogP contribution in [0.5, 0.6) is 0 Å². The van der Waals surface area contributed by atoms with E-state index in [0.717, 1.165) is 0 Å². The number of aliphatic hydroxyl groups is 1. The third-order valence-electron chi connectivity index (χ3n) is 2.74. The van der Waals surface area contributed by atoms with Crippen LogP contribution in [0, 0.1) is 0 Å². The molecule has 0 aliphatic carbocycles. The van der Waals surface area contributed by atoms with E-state index in [9.17, 15) is 9.90 Å². The minimum Gasteiger partial charge on any atom is -0.373 e. The lowest BCUT2D eigenvalue weighted by molar-refractivity contribution is -0.121. The van der Waals surface area contributed by atoms with Crippen molar-refractivity contribution in [3.8, 4) is 0 Å². The predicted molar refractivity (Wildman–Crippen MR) is 72.0 cm³/mol. The molecule has 0 atom stereocenters. The molecule has 1 N–H and O–H groups in total. The van der Waals surface area contributed by atoms with E-state index in [1.807, 2.05) is 0 Å². The first-order valence-corrected chi connectivity index (χ1v) is 6.02. The number of aldehydes is 1. The Labute approximate surface area is 115 Å². The maximum atomic E-state index is 11.3. The molecule has 2 nitrogen and oxygen atoms in total. The van der Waals surface area contributed by atoms with E-state index in [1.165, 1.54) is 0 Å². The number of carbonyl (C=O) groups is 1. The van der Waals surface area contributed by atoms with Crippen LogP contribution in [0.15, 0.2) is 48.5 Å². The Morgan fingerprint density at radius 2 is 1.17 bits per heavy atom. The molecular formula is C14H10Cl2O2. The lowest BCUT2D eigenvalue weighted by Crippen LogP contribution is -2.28. The molecule has 0 amide bonds. The lowest BCUT2D eigenvalue weighted by atomic mass is 9.88. The van der Waals surface area contributed by atoms with Crippen molar-refractivity contribution in [1.82, 2.24) is 0 Å². The molecule has 0 aliphatic heterocycles. The highest BCUT2D eigenvalue weighted by Crippen LogP contribution is 2.29. The zero-order chi connectivity index (χ0) is 13.2. The van der Waals surface area contributed by atoms with Gasteiger partial charge in [0.15, 0.2) is 11.9 Å². The zero-order valence-corrected chi connectivity index (χ0v) is 10.8. The Balaban J connectivity index is 2.50. The molecule has 4 heteroatoms. The number of hydrogen-bond donors (Lipinski definition) is 1. The van der Waals surface area contributed by atoms with Crippen LogP contribution in [0.4, 0.5) is 0 Å². The Morgan fingerprint density at radius 3 is 1.44 bits per heavy atom. The molecular weight excluding hydrogens is 271 g/mol. The zero-order valence-electron chi connectivity index (χ0n) is 9.31.